The lowest BCUT2D eigenvalue weighted by molar-refractivity contribution is -0.113. The molecule has 0 aliphatic carbocycles. The van der Waals surface area contributed by atoms with Crippen molar-refractivity contribution in [3.63, 3.8) is 0 Å². The summed E-state index contributed by atoms with van der Waals surface area (Å²) >= 11 is 19.4. The number of aromatic amines is 1. The molecule has 8 heteroatoms. The van der Waals surface area contributed by atoms with Gasteiger partial charge in [-0.15, -0.1) is 0 Å². The van der Waals surface area contributed by atoms with Gasteiger partial charge in [-0.3, -0.25) is 4.79 Å². The Labute approximate surface area is 199 Å². The van der Waals surface area contributed by atoms with E-state index in [0.29, 0.717) is 25.9 Å². The Morgan fingerprint density at radius 1 is 0.871 bits per heavy atom. The highest BCUT2D eigenvalue weighted by atomic mass is 35.5. The molecule has 0 aliphatic rings. The van der Waals surface area contributed by atoms with Crippen molar-refractivity contribution in [3.8, 4) is 22.5 Å². The van der Waals surface area contributed by atoms with E-state index in [1.54, 1.807) is 0 Å². The molecule has 31 heavy (non-hydrogen) atoms. The zero-order chi connectivity index (χ0) is 21.8. The van der Waals surface area contributed by atoms with Crippen molar-refractivity contribution in [2.24, 2.45) is 0 Å². The Morgan fingerprint density at radius 2 is 1.48 bits per heavy atom. The Morgan fingerprint density at radius 3 is 2.16 bits per heavy atom. The molecule has 4 rings (SSSR count). The van der Waals surface area contributed by atoms with Gasteiger partial charge in [-0.05, 0) is 12.1 Å². The van der Waals surface area contributed by atoms with Gasteiger partial charge >= 0.3 is 0 Å². The summed E-state index contributed by atoms with van der Waals surface area (Å²) in [6.07, 6.45) is 0. The molecule has 0 saturated carbocycles. The molecule has 0 fully saturated rings. The van der Waals surface area contributed by atoms with Crippen LogP contribution in [0.5, 0.6) is 0 Å². The topological polar surface area (TPSA) is 57.8 Å². The second-order valence-electron chi connectivity index (χ2n) is 6.58. The number of H-pyrrole nitrogens is 1. The van der Waals surface area contributed by atoms with Gasteiger partial charge in [-0.2, -0.15) is 0 Å². The minimum atomic E-state index is -0.232. The highest BCUT2D eigenvalue weighted by Gasteiger charge is 2.16. The zero-order valence-corrected chi connectivity index (χ0v) is 19.1. The standard InChI is InChI=1S/C23H16Cl3N3OS/c24-16-11-18(26)19(12-17(16)25)27-20(30)13-31-23-28-21(14-7-3-1-4-8-14)22(29-23)15-9-5-2-6-10-15/h1-12H,13H2,(H,27,30)(H,28,29). The van der Waals surface area contributed by atoms with Gasteiger partial charge in [-0.25, -0.2) is 4.98 Å². The number of nitrogens with zero attached hydrogens (tertiary/aromatic N) is 1. The van der Waals surface area contributed by atoms with E-state index in [0.717, 1.165) is 22.5 Å². The molecule has 0 unspecified atom stereocenters. The molecule has 4 nitrogen and oxygen atoms in total. The summed E-state index contributed by atoms with van der Waals surface area (Å²) in [7, 11) is 0. The van der Waals surface area contributed by atoms with Crippen LogP contribution in [0.4, 0.5) is 5.69 Å². The van der Waals surface area contributed by atoms with Crippen molar-refractivity contribution in [1.29, 1.82) is 0 Å². The third kappa shape index (κ3) is 5.25. The molecule has 2 N–H and O–H groups in total. The Balaban J connectivity index is 1.53. The summed E-state index contributed by atoms with van der Waals surface area (Å²) < 4.78 is 0. The number of rotatable bonds is 6. The van der Waals surface area contributed by atoms with Gasteiger partial charge in [-0.1, -0.05) is 107 Å². The van der Waals surface area contributed by atoms with E-state index in [2.05, 4.69) is 10.3 Å². The summed E-state index contributed by atoms with van der Waals surface area (Å²) in [5.74, 6) is -0.0868. The fourth-order valence-electron chi connectivity index (χ4n) is 2.98. The maximum absolute atomic E-state index is 12.5. The van der Waals surface area contributed by atoms with E-state index in [4.69, 9.17) is 39.8 Å². The first-order valence-electron chi connectivity index (χ1n) is 9.29. The first kappa shape index (κ1) is 21.8. The predicted molar refractivity (Wildman–Crippen MR) is 130 cm³/mol. The Bertz CT molecular complexity index is 1160. The van der Waals surface area contributed by atoms with Gasteiger partial charge in [0, 0.05) is 11.1 Å². The van der Waals surface area contributed by atoms with Crippen LogP contribution in [-0.2, 0) is 4.79 Å². The van der Waals surface area contributed by atoms with Crippen LogP contribution in [-0.4, -0.2) is 21.6 Å². The van der Waals surface area contributed by atoms with Crippen molar-refractivity contribution in [1.82, 2.24) is 9.97 Å². The third-order valence-electron chi connectivity index (χ3n) is 4.42. The fraction of sp³-hybridized carbons (Fsp3) is 0.0435. The molecule has 0 atom stereocenters. The summed E-state index contributed by atoms with van der Waals surface area (Å²) in [6.45, 7) is 0. The molecule has 1 aromatic heterocycles. The third-order valence-corrected chi connectivity index (χ3v) is 6.32. The molecule has 0 aliphatic heterocycles. The van der Waals surface area contributed by atoms with E-state index in [1.165, 1.54) is 23.9 Å². The van der Waals surface area contributed by atoms with Gasteiger partial charge < -0.3 is 10.3 Å². The van der Waals surface area contributed by atoms with Crippen LogP contribution in [0.15, 0.2) is 78.0 Å². The maximum Gasteiger partial charge on any atom is 0.234 e. The van der Waals surface area contributed by atoms with Crippen molar-refractivity contribution in [2.45, 2.75) is 5.16 Å². The Kier molecular flexibility index (Phi) is 6.88. The first-order chi connectivity index (χ1) is 15.0. The summed E-state index contributed by atoms with van der Waals surface area (Å²) in [6, 6.07) is 22.9. The largest absolute Gasteiger partial charge is 0.332 e. The quantitative estimate of drug-likeness (QED) is 0.219. The second kappa shape index (κ2) is 9.79. The van der Waals surface area contributed by atoms with Crippen LogP contribution in [0, 0.1) is 0 Å². The average molecular weight is 489 g/mol. The van der Waals surface area contributed by atoms with E-state index >= 15 is 0 Å². The van der Waals surface area contributed by atoms with Crippen molar-refractivity contribution in [3.05, 3.63) is 87.9 Å². The number of carbonyl (C=O) groups excluding carboxylic acids is 1. The molecule has 0 spiro atoms. The first-order valence-corrected chi connectivity index (χ1v) is 11.4. The minimum Gasteiger partial charge on any atom is -0.332 e. The molecular weight excluding hydrogens is 473 g/mol. The van der Waals surface area contributed by atoms with Crippen LogP contribution in [0.3, 0.4) is 0 Å². The van der Waals surface area contributed by atoms with Crippen LogP contribution >= 0.6 is 46.6 Å². The van der Waals surface area contributed by atoms with E-state index in [-0.39, 0.29) is 11.7 Å². The monoisotopic (exact) mass is 487 g/mol. The summed E-state index contributed by atoms with van der Waals surface area (Å²) in [4.78, 5) is 20.6. The zero-order valence-electron chi connectivity index (χ0n) is 16.0. The summed E-state index contributed by atoms with van der Waals surface area (Å²) in [5, 5.41) is 4.38. The molecular formula is C23H16Cl3N3OS. The number of hydrogen-bond acceptors (Lipinski definition) is 3. The molecule has 4 aromatic rings. The number of halogens is 3. The number of aromatic nitrogens is 2. The molecule has 3 aromatic carbocycles. The maximum atomic E-state index is 12.5. The molecule has 156 valence electrons. The van der Waals surface area contributed by atoms with Gasteiger partial charge in [0.05, 0.1) is 37.9 Å². The van der Waals surface area contributed by atoms with E-state index in [9.17, 15) is 4.79 Å². The number of imidazole rings is 1. The molecule has 0 bridgehead atoms. The smallest absolute Gasteiger partial charge is 0.234 e. The van der Waals surface area contributed by atoms with Crippen molar-refractivity contribution in [2.75, 3.05) is 11.1 Å². The number of benzene rings is 3. The summed E-state index contributed by atoms with van der Waals surface area (Å²) in [5.41, 5.74) is 4.17. The lowest BCUT2D eigenvalue weighted by Gasteiger charge is -2.08. The predicted octanol–water partition coefficient (Wildman–Crippen LogP) is 7.43. The normalized spacial score (nSPS) is 10.8. The highest BCUT2D eigenvalue weighted by molar-refractivity contribution is 7.99. The number of thioether (sulfide) groups is 1. The molecule has 1 amide bonds. The van der Waals surface area contributed by atoms with Crippen molar-refractivity contribution < 1.29 is 4.79 Å². The fourth-order valence-corrected chi connectivity index (χ4v) is 4.24. The minimum absolute atomic E-state index is 0.145. The van der Waals surface area contributed by atoms with Gasteiger partial charge in [0.25, 0.3) is 0 Å². The second-order valence-corrected chi connectivity index (χ2v) is 8.77. The number of amides is 1. The van der Waals surface area contributed by atoms with Gasteiger partial charge in [0.1, 0.15) is 0 Å². The number of nitrogens with one attached hydrogen (secondary N) is 2. The number of anilines is 1. The van der Waals surface area contributed by atoms with Gasteiger partial charge in [0.15, 0.2) is 5.16 Å². The van der Waals surface area contributed by atoms with E-state index < -0.39 is 0 Å². The van der Waals surface area contributed by atoms with Crippen LogP contribution in [0.2, 0.25) is 15.1 Å². The molecule has 0 saturated heterocycles. The van der Waals surface area contributed by atoms with Crippen molar-refractivity contribution >= 4 is 58.2 Å². The van der Waals surface area contributed by atoms with E-state index in [1.807, 2.05) is 60.7 Å². The van der Waals surface area contributed by atoms with Crippen LogP contribution in [0.1, 0.15) is 0 Å². The number of hydrogen-bond donors (Lipinski definition) is 2. The van der Waals surface area contributed by atoms with Crippen LogP contribution < -0.4 is 5.32 Å². The average Bonchev–Trinajstić information content (AvgIpc) is 3.22. The number of carbonyl (C=O) groups is 1. The lowest BCUT2D eigenvalue weighted by Crippen LogP contribution is -2.14. The van der Waals surface area contributed by atoms with Gasteiger partial charge in [0.2, 0.25) is 5.91 Å². The molecule has 1 heterocycles. The Hall–Kier alpha value is -2.44. The molecule has 0 radical (unpaired) electrons. The highest BCUT2D eigenvalue weighted by Crippen LogP contribution is 2.34. The lowest BCUT2D eigenvalue weighted by atomic mass is 10.1. The SMILES string of the molecule is O=C(CSc1nc(-c2ccccc2)c(-c2ccccc2)[nH]1)Nc1cc(Cl)c(Cl)cc1Cl. The van der Waals surface area contributed by atoms with Crippen LogP contribution in [0.25, 0.3) is 22.5 Å².